The highest BCUT2D eigenvalue weighted by molar-refractivity contribution is 6.02. The summed E-state index contributed by atoms with van der Waals surface area (Å²) >= 11 is 0. The molecule has 0 saturated carbocycles. The zero-order valence-electron chi connectivity index (χ0n) is 11.5. The largest absolute Gasteiger partial charge is 0.485 e. The Bertz CT molecular complexity index is 708. The molecule has 0 fully saturated rings. The number of carbonyl (C=O) groups is 1. The van der Waals surface area contributed by atoms with Gasteiger partial charge >= 0.3 is 0 Å². The minimum atomic E-state index is 0.0167. The molecule has 0 atom stereocenters. The molecule has 0 radical (unpaired) electrons. The molecule has 1 aromatic carbocycles. The summed E-state index contributed by atoms with van der Waals surface area (Å²) in [6.07, 6.45) is 3.32. The van der Waals surface area contributed by atoms with E-state index in [1.165, 1.54) is 6.42 Å². The molecule has 0 aliphatic carbocycles. The lowest BCUT2D eigenvalue weighted by Crippen LogP contribution is -2.14. The van der Waals surface area contributed by atoms with Gasteiger partial charge in [-0.15, -0.1) is 10.2 Å². The first-order valence-electron chi connectivity index (χ1n) is 7.15. The Hall–Kier alpha value is -2.37. The molecule has 21 heavy (non-hydrogen) atoms. The predicted octanol–water partition coefficient (Wildman–Crippen LogP) is 1.77. The number of aromatic nitrogens is 3. The second-order valence-corrected chi connectivity index (χ2v) is 5.30. The van der Waals surface area contributed by atoms with Crippen LogP contribution >= 0.6 is 0 Å². The highest BCUT2D eigenvalue weighted by atomic mass is 16.5. The van der Waals surface area contributed by atoms with Gasteiger partial charge in [-0.2, -0.15) is 0 Å². The number of carbonyl (C=O) groups excluding carboxylic acids is 1. The molecule has 1 aromatic heterocycles. The maximum absolute atomic E-state index is 11.5. The smallest absolute Gasteiger partial charge is 0.203 e. The Kier molecular flexibility index (Phi) is 2.87. The molecule has 0 unspecified atom stereocenters. The van der Waals surface area contributed by atoms with Gasteiger partial charge < -0.3 is 14.0 Å². The first-order valence-corrected chi connectivity index (χ1v) is 7.15. The van der Waals surface area contributed by atoms with Crippen molar-refractivity contribution in [3.63, 3.8) is 0 Å². The van der Waals surface area contributed by atoms with E-state index in [0.717, 1.165) is 31.0 Å². The number of benzene rings is 1. The van der Waals surface area contributed by atoms with Gasteiger partial charge in [0.1, 0.15) is 23.9 Å². The summed E-state index contributed by atoms with van der Waals surface area (Å²) in [5, 5.41) is 8.40. The predicted molar refractivity (Wildman–Crippen MR) is 73.6 cm³/mol. The Morgan fingerprint density at radius 3 is 3.19 bits per heavy atom. The van der Waals surface area contributed by atoms with Crippen molar-refractivity contribution >= 4 is 5.78 Å². The Morgan fingerprint density at radius 1 is 1.29 bits per heavy atom. The van der Waals surface area contributed by atoms with Crippen LogP contribution in [0.1, 0.15) is 34.8 Å². The molecule has 0 spiro atoms. The van der Waals surface area contributed by atoms with Crippen molar-refractivity contribution in [1.82, 2.24) is 14.8 Å². The highest BCUT2D eigenvalue weighted by Gasteiger charge is 2.21. The lowest BCUT2D eigenvalue weighted by atomic mass is 10.1. The second-order valence-electron chi connectivity index (χ2n) is 5.30. The summed E-state index contributed by atoms with van der Waals surface area (Å²) in [6.45, 7) is 1.46. The van der Waals surface area contributed by atoms with Crippen molar-refractivity contribution in [2.45, 2.75) is 32.4 Å². The van der Waals surface area contributed by atoms with Crippen LogP contribution in [-0.4, -0.2) is 27.2 Å². The molecule has 2 aliphatic heterocycles. The maximum atomic E-state index is 11.5. The number of Topliss-reactive ketones (excluding diaryl/α,β-unsaturated/α-hetero) is 1. The Morgan fingerprint density at radius 2 is 2.24 bits per heavy atom. The van der Waals surface area contributed by atoms with Crippen LogP contribution in [0.3, 0.4) is 0 Å². The summed E-state index contributed by atoms with van der Waals surface area (Å²) in [6, 6.07) is 5.30. The fraction of sp³-hybridized carbons (Fsp3) is 0.400. The quantitative estimate of drug-likeness (QED) is 0.859. The van der Waals surface area contributed by atoms with Gasteiger partial charge in [-0.3, -0.25) is 4.79 Å². The molecule has 6 nitrogen and oxygen atoms in total. The van der Waals surface area contributed by atoms with Crippen molar-refractivity contribution in [2.75, 3.05) is 6.61 Å². The van der Waals surface area contributed by atoms with Crippen molar-refractivity contribution in [2.24, 2.45) is 0 Å². The zero-order valence-corrected chi connectivity index (χ0v) is 11.5. The fourth-order valence-electron chi connectivity index (χ4n) is 2.79. The van der Waals surface area contributed by atoms with Gasteiger partial charge in [0.15, 0.2) is 12.4 Å². The topological polar surface area (TPSA) is 66.2 Å². The normalized spacial score (nSPS) is 16.3. The van der Waals surface area contributed by atoms with Crippen molar-refractivity contribution in [1.29, 1.82) is 0 Å². The van der Waals surface area contributed by atoms with Gasteiger partial charge in [0.25, 0.3) is 0 Å². The van der Waals surface area contributed by atoms with E-state index in [1.54, 1.807) is 18.2 Å². The summed E-state index contributed by atoms with van der Waals surface area (Å²) < 4.78 is 13.2. The monoisotopic (exact) mass is 285 g/mol. The van der Waals surface area contributed by atoms with Gasteiger partial charge in [-0.25, -0.2) is 0 Å². The number of nitrogens with zero attached hydrogens (tertiary/aromatic N) is 3. The van der Waals surface area contributed by atoms with Crippen molar-refractivity contribution < 1.29 is 14.3 Å². The van der Waals surface area contributed by atoms with Crippen LogP contribution in [0.15, 0.2) is 18.2 Å². The second kappa shape index (κ2) is 4.87. The van der Waals surface area contributed by atoms with Gasteiger partial charge in [-0.05, 0) is 25.0 Å². The lowest BCUT2D eigenvalue weighted by Gasteiger charge is -2.15. The Balaban J connectivity index is 1.50. The minimum Gasteiger partial charge on any atom is -0.485 e. The van der Waals surface area contributed by atoms with Gasteiger partial charge in [-0.1, -0.05) is 0 Å². The van der Waals surface area contributed by atoms with E-state index in [0.29, 0.717) is 23.7 Å². The minimum absolute atomic E-state index is 0.0167. The summed E-state index contributed by atoms with van der Waals surface area (Å²) in [5.74, 6) is 3.19. The molecule has 4 rings (SSSR count). The molecule has 2 aromatic rings. The van der Waals surface area contributed by atoms with E-state index in [9.17, 15) is 4.79 Å². The fourth-order valence-corrected chi connectivity index (χ4v) is 2.79. The molecular formula is C15H15N3O3. The molecule has 0 bridgehead atoms. The van der Waals surface area contributed by atoms with E-state index < -0.39 is 0 Å². The molecule has 0 saturated heterocycles. The van der Waals surface area contributed by atoms with E-state index in [1.807, 2.05) is 0 Å². The maximum Gasteiger partial charge on any atom is 0.203 e. The lowest BCUT2D eigenvalue weighted by molar-refractivity contribution is 0.0961. The van der Waals surface area contributed by atoms with Crippen LogP contribution in [0, 0.1) is 0 Å². The Labute approximate surface area is 121 Å². The third-order valence-electron chi connectivity index (χ3n) is 3.92. The molecule has 2 aliphatic rings. The molecule has 3 heterocycles. The average molecular weight is 285 g/mol. The average Bonchev–Trinajstić information content (AvgIpc) is 3.09. The number of hydrogen-bond acceptors (Lipinski definition) is 5. The van der Waals surface area contributed by atoms with E-state index >= 15 is 0 Å². The highest BCUT2D eigenvalue weighted by Crippen LogP contribution is 2.29. The van der Waals surface area contributed by atoms with Crippen molar-refractivity contribution in [3.05, 3.63) is 35.4 Å². The van der Waals surface area contributed by atoms with Crippen LogP contribution < -0.4 is 9.47 Å². The summed E-state index contributed by atoms with van der Waals surface area (Å²) in [7, 11) is 0. The van der Waals surface area contributed by atoms with Gasteiger partial charge in [0.2, 0.25) is 5.78 Å². The van der Waals surface area contributed by atoms with Crippen LogP contribution in [0.25, 0.3) is 0 Å². The van der Waals surface area contributed by atoms with E-state index in [2.05, 4.69) is 14.8 Å². The van der Waals surface area contributed by atoms with Gasteiger partial charge in [0, 0.05) is 19.0 Å². The summed E-state index contributed by atoms with van der Waals surface area (Å²) in [5.41, 5.74) is 0.627. The summed E-state index contributed by atoms with van der Waals surface area (Å²) in [4.78, 5) is 11.5. The van der Waals surface area contributed by atoms with E-state index in [4.69, 9.17) is 9.47 Å². The molecular weight excluding hydrogens is 270 g/mol. The first-order chi connectivity index (χ1) is 10.3. The number of hydrogen-bond donors (Lipinski definition) is 0. The van der Waals surface area contributed by atoms with Crippen molar-refractivity contribution in [3.8, 4) is 11.5 Å². The number of ether oxygens (including phenoxy) is 2. The molecule has 0 amide bonds. The van der Waals surface area contributed by atoms with Crippen LogP contribution in [0.2, 0.25) is 0 Å². The number of ketones is 1. The molecule has 6 heteroatoms. The number of rotatable bonds is 3. The van der Waals surface area contributed by atoms with E-state index in [-0.39, 0.29) is 12.4 Å². The van der Waals surface area contributed by atoms with Gasteiger partial charge in [0.05, 0.1) is 5.56 Å². The number of fused-ring (bicyclic) bond motifs is 2. The third-order valence-corrected chi connectivity index (χ3v) is 3.92. The first kappa shape index (κ1) is 12.4. The third kappa shape index (κ3) is 2.16. The molecule has 108 valence electrons. The SMILES string of the molecule is O=C1COc2cc(OCc3nnc4n3CCCC4)ccc21. The zero-order chi connectivity index (χ0) is 14.2. The standard InChI is InChI=1S/C15H15N3O3/c19-12-8-21-13-7-10(4-5-11(12)13)20-9-15-17-16-14-3-1-2-6-18(14)15/h4-5,7H,1-3,6,8-9H2. The van der Waals surface area contributed by atoms with Crippen LogP contribution in [-0.2, 0) is 19.6 Å². The number of aryl methyl sites for hydroxylation is 1. The van der Waals surface area contributed by atoms with Crippen LogP contribution in [0.4, 0.5) is 0 Å². The molecule has 0 N–H and O–H groups in total. The van der Waals surface area contributed by atoms with Crippen LogP contribution in [0.5, 0.6) is 11.5 Å².